The smallest absolute Gasteiger partial charge is 0.368 e. The number of aryl methyl sites for hydroxylation is 1. The van der Waals surface area contributed by atoms with Gasteiger partial charge in [-0.1, -0.05) is 6.07 Å². The van der Waals surface area contributed by atoms with Crippen molar-refractivity contribution in [2.24, 2.45) is 7.05 Å². The fourth-order valence-electron chi connectivity index (χ4n) is 4.46. The van der Waals surface area contributed by atoms with Crippen molar-refractivity contribution in [3.8, 4) is 0 Å². The van der Waals surface area contributed by atoms with Crippen molar-refractivity contribution in [3.05, 3.63) is 47.5 Å². The van der Waals surface area contributed by atoms with Gasteiger partial charge in [-0.25, -0.2) is 4.98 Å². The van der Waals surface area contributed by atoms with Gasteiger partial charge < -0.3 is 10.6 Å². The zero-order valence-corrected chi connectivity index (χ0v) is 17.7. The third-order valence-corrected chi connectivity index (χ3v) is 6.26. The number of rotatable bonds is 5. The van der Waals surface area contributed by atoms with Crippen molar-refractivity contribution >= 4 is 17.4 Å². The van der Waals surface area contributed by atoms with Crippen molar-refractivity contribution in [1.29, 1.82) is 0 Å². The number of nitrogens with zero attached hydrogens (tertiary/aromatic N) is 4. The molecule has 2 aliphatic rings. The van der Waals surface area contributed by atoms with Crippen LogP contribution < -0.4 is 10.6 Å². The number of amides is 1. The SMILES string of the molecule is Cn1cc(C(=O)N[C@H]2CC[C@@H](Nc3cccc4nc(C(F)(F)F)cn34)CC2)c(C2CC2)n1. The number of nitrogens with one attached hydrogen (secondary N) is 2. The van der Waals surface area contributed by atoms with Crippen LogP contribution in [0.3, 0.4) is 0 Å². The molecular formula is C22H25F3N6O. The Hall–Kier alpha value is -3.04. The van der Waals surface area contributed by atoms with Crippen LogP contribution in [0.15, 0.2) is 30.6 Å². The van der Waals surface area contributed by atoms with E-state index in [0.29, 0.717) is 17.3 Å². The Morgan fingerprint density at radius 2 is 1.78 bits per heavy atom. The van der Waals surface area contributed by atoms with Crippen molar-refractivity contribution in [1.82, 2.24) is 24.5 Å². The highest BCUT2D eigenvalue weighted by Crippen LogP contribution is 2.40. The molecule has 7 nitrogen and oxygen atoms in total. The van der Waals surface area contributed by atoms with Crippen LogP contribution in [-0.4, -0.2) is 37.2 Å². The summed E-state index contributed by atoms with van der Waals surface area (Å²) in [6.45, 7) is 0. The quantitative estimate of drug-likeness (QED) is 0.618. The molecule has 0 aromatic carbocycles. The Bertz CT molecular complexity index is 1140. The lowest BCUT2D eigenvalue weighted by Crippen LogP contribution is -2.40. The summed E-state index contributed by atoms with van der Waals surface area (Å²) in [6, 6.07) is 5.20. The lowest BCUT2D eigenvalue weighted by molar-refractivity contribution is -0.140. The zero-order valence-electron chi connectivity index (χ0n) is 17.7. The van der Waals surface area contributed by atoms with E-state index in [2.05, 4.69) is 20.7 Å². The summed E-state index contributed by atoms with van der Waals surface area (Å²) in [5.41, 5.74) is 0.917. The number of hydrogen-bond donors (Lipinski definition) is 2. The lowest BCUT2D eigenvalue weighted by atomic mass is 9.91. The fraction of sp³-hybridized carbons (Fsp3) is 0.500. The molecule has 0 aliphatic heterocycles. The topological polar surface area (TPSA) is 76.2 Å². The molecule has 0 radical (unpaired) electrons. The third kappa shape index (κ3) is 4.18. The number of alkyl halides is 3. The highest BCUT2D eigenvalue weighted by atomic mass is 19.4. The van der Waals surface area contributed by atoms with Crippen molar-refractivity contribution in [3.63, 3.8) is 0 Å². The molecule has 3 heterocycles. The first-order valence-corrected chi connectivity index (χ1v) is 10.9. The van der Waals surface area contributed by atoms with Crippen molar-refractivity contribution < 1.29 is 18.0 Å². The Morgan fingerprint density at radius 1 is 1.06 bits per heavy atom. The van der Waals surface area contributed by atoms with Crippen LogP contribution in [0.5, 0.6) is 0 Å². The van der Waals surface area contributed by atoms with E-state index in [4.69, 9.17) is 0 Å². The van der Waals surface area contributed by atoms with Crippen LogP contribution in [0.4, 0.5) is 19.0 Å². The number of halogens is 3. The molecule has 1 amide bonds. The van der Waals surface area contributed by atoms with Crippen molar-refractivity contribution in [2.75, 3.05) is 5.32 Å². The maximum absolute atomic E-state index is 13.0. The van der Waals surface area contributed by atoms with Gasteiger partial charge in [-0.3, -0.25) is 13.9 Å². The van der Waals surface area contributed by atoms with Crippen LogP contribution >= 0.6 is 0 Å². The van der Waals surface area contributed by atoms with Gasteiger partial charge in [0.25, 0.3) is 5.91 Å². The molecule has 2 aliphatic carbocycles. The molecule has 32 heavy (non-hydrogen) atoms. The minimum atomic E-state index is -4.48. The highest BCUT2D eigenvalue weighted by Gasteiger charge is 2.34. The summed E-state index contributed by atoms with van der Waals surface area (Å²) in [6.07, 6.45) is 3.73. The standard InChI is InChI=1S/C22H25F3N6O/c1-30-11-16(20(29-30)13-5-6-13)21(32)27-15-9-7-14(8-10-15)26-18-3-2-4-19-28-17(12-31(18)19)22(23,24)25/h2-4,11-15,26H,5-10H2,1H3,(H,27,32)/t14-,15+. The van der Waals surface area contributed by atoms with Gasteiger partial charge in [-0.15, -0.1) is 0 Å². The second-order valence-corrected chi connectivity index (χ2v) is 8.81. The van der Waals surface area contributed by atoms with Gasteiger partial charge in [0.15, 0.2) is 5.69 Å². The predicted molar refractivity (Wildman–Crippen MR) is 113 cm³/mol. The first-order chi connectivity index (χ1) is 15.3. The molecule has 0 saturated heterocycles. The van der Waals surface area contributed by atoms with Gasteiger partial charge in [0.05, 0.1) is 11.3 Å². The molecule has 10 heteroatoms. The third-order valence-electron chi connectivity index (χ3n) is 6.26. The van der Waals surface area contributed by atoms with E-state index in [-0.39, 0.29) is 23.6 Å². The van der Waals surface area contributed by atoms with Gasteiger partial charge in [0.1, 0.15) is 11.5 Å². The summed E-state index contributed by atoms with van der Waals surface area (Å²) in [7, 11) is 1.83. The van der Waals surface area contributed by atoms with Crippen LogP contribution in [0.25, 0.3) is 5.65 Å². The van der Waals surface area contributed by atoms with E-state index in [1.54, 1.807) is 29.1 Å². The molecule has 0 atom stereocenters. The Labute approximate surface area is 183 Å². The number of fused-ring (bicyclic) bond motifs is 1. The number of pyridine rings is 1. The zero-order chi connectivity index (χ0) is 22.5. The van der Waals surface area contributed by atoms with Crippen molar-refractivity contribution in [2.45, 2.75) is 62.7 Å². The predicted octanol–water partition coefficient (Wildman–Crippen LogP) is 4.12. The van der Waals surface area contributed by atoms with E-state index >= 15 is 0 Å². The maximum Gasteiger partial charge on any atom is 0.434 e. The molecular weight excluding hydrogens is 421 g/mol. The molecule has 2 fully saturated rings. The Kier molecular flexibility index (Phi) is 5.10. The number of carbonyl (C=O) groups is 1. The summed E-state index contributed by atoms with van der Waals surface area (Å²) >= 11 is 0. The second-order valence-electron chi connectivity index (χ2n) is 8.81. The van der Waals surface area contributed by atoms with E-state index in [1.807, 2.05) is 7.05 Å². The summed E-state index contributed by atoms with van der Waals surface area (Å²) < 4.78 is 42.2. The second kappa shape index (κ2) is 7.83. The lowest BCUT2D eigenvalue weighted by Gasteiger charge is -2.30. The fourth-order valence-corrected chi connectivity index (χ4v) is 4.46. The number of carbonyl (C=O) groups excluding carboxylic acids is 1. The average molecular weight is 446 g/mol. The summed E-state index contributed by atoms with van der Waals surface area (Å²) in [4.78, 5) is 16.5. The monoisotopic (exact) mass is 446 g/mol. The van der Waals surface area contributed by atoms with Gasteiger partial charge >= 0.3 is 6.18 Å². The first kappa shape index (κ1) is 20.8. The normalized spacial score (nSPS) is 21.6. The average Bonchev–Trinajstić information content (AvgIpc) is 3.35. The van der Waals surface area contributed by atoms with Gasteiger partial charge in [-0.2, -0.15) is 18.3 Å². The van der Waals surface area contributed by atoms with E-state index < -0.39 is 11.9 Å². The van der Waals surface area contributed by atoms with E-state index in [1.165, 1.54) is 4.40 Å². The van der Waals surface area contributed by atoms with E-state index in [0.717, 1.165) is 50.4 Å². The Morgan fingerprint density at radius 3 is 2.47 bits per heavy atom. The molecule has 0 spiro atoms. The van der Waals surface area contributed by atoms with Gasteiger partial charge in [0, 0.05) is 37.4 Å². The minimum Gasteiger partial charge on any atom is -0.368 e. The maximum atomic E-state index is 13.0. The molecule has 2 N–H and O–H groups in total. The number of aromatic nitrogens is 4. The first-order valence-electron chi connectivity index (χ1n) is 10.9. The van der Waals surface area contributed by atoms with Crippen LogP contribution in [0, 0.1) is 0 Å². The summed E-state index contributed by atoms with van der Waals surface area (Å²) in [5, 5.41) is 11.0. The van der Waals surface area contributed by atoms with Gasteiger partial charge in [-0.05, 0) is 50.7 Å². The number of imidazole rings is 1. The molecule has 0 unspecified atom stereocenters. The minimum absolute atomic E-state index is 0.0701. The molecule has 5 rings (SSSR count). The largest absolute Gasteiger partial charge is 0.434 e. The highest BCUT2D eigenvalue weighted by molar-refractivity contribution is 5.95. The molecule has 2 saturated carbocycles. The summed E-state index contributed by atoms with van der Waals surface area (Å²) in [5.74, 6) is 0.919. The molecule has 3 aromatic heterocycles. The number of anilines is 1. The Balaban J connectivity index is 1.20. The van der Waals surface area contributed by atoms with Crippen LogP contribution in [-0.2, 0) is 13.2 Å². The molecule has 170 valence electrons. The van der Waals surface area contributed by atoms with Gasteiger partial charge in [0.2, 0.25) is 0 Å². The molecule has 0 bridgehead atoms. The van der Waals surface area contributed by atoms with Crippen LogP contribution in [0.2, 0.25) is 0 Å². The van der Waals surface area contributed by atoms with E-state index in [9.17, 15) is 18.0 Å². The molecule has 3 aromatic rings. The number of hydrogen-bond acceptors (Lipinski definition) is 4. The van der Waals surface area contributed by atoms with Crippen LogP contribution in [0.1, 0.15) is 66.2 Å².